The van der Waals surface area contributed by atoms with Crippen molar-refractivity contribution in [2.45, 2.75) is 39.5 Å². The van der Waals surface area contributed by atoms with Gasteiger partial charge < -0.3 is 5.32 Å². The van der Waals surface area contributed by atoms with Crippen molar-refractivity contribution in [1.29, 1.82) is 0 Å². The van der Waals surface area contributed by atoms with E-state index in [2.05, 4.69) is 55.6 Å². The molecule has 0 spiro atoms. The van der Waals surface area contributed by atoms with Crippen LogP contribution in [0.15, 0.2) is 36.4 Å². The minimum absolute atomic E-state index is 1.12. The van der Waals surface area contributed by atoms with E-state index in [1.165, 1.54) is 46.3 Å². The van der Waals surface area contributed by atoms with Crippen molar-refractivity contribution in [3.05, 3.63) is 64.2 Å². The Morgan fingerprint density at radius 1 is 1.00 bits per heavy atom. The van der Waals surface area contributed by atoms with Crippen LogP contribution < -0.4 is 5.32 Å². The van der Waals surface area contributed by atoms with Crippen LogP contribution in [0.5, 0.6) is 0 Å². The molecule has 1 N–H and O–H groups in total. The van der Waals surface area contributed by atoms with Gasteiger partial charge in [-0.2, -0.15) is 0 Å². The van der Waals surface area contributed by atoms with E-state index in [9.17, 15) is 0 Å². The molecule has 0 aliphatic carbocycles. The van der Waals surface area contributed by atoms with Crippen LogP contribution in [0, 0.1) is 13.8 Å². The lowest BCUT2D eigenvalue weighted by Gasteiger charge is -2.19. The fourth-order valence-electron chi connectivity index (χ4n) is 3.20. The highest BCUT2D eigenvalue weighted by molar-refractivity contribution is 5.54. The Hall–Kier alpha value is -1.76. The van der Waals surface area contributed by atoms with Crippen LogP contribution in [-0.4, -0.2) is 6.54 Å². The van der Waals surface area contributed by atoms with Gasteiger partial charge in [-0.1, -0.05) is 30.3 Å². The summed E-state index contributed by atoms with van der Waals surface area (Å²) < 4.78 is 0. The van der Waals surface area contributed by atoms with Gasteiger partial charge in [0, 0.05) is 12.2 Å². The Balaban J connectivity index is 1.75. The largest absolute Gasteiger partial charge is 0.385 e. The molecule has 1 heteroatoms. The fraction of sp³-hybridized carbons (Fsp3) is 0.368. The van der Waals surface area contributed by atoms with E-state index in [4.69, 9.17) is 0 Å². The summed E-state index contributed by atoms with van der Waals surface area (Å²) in [5, 5.41) is 3.48. The molecule has 0 aromatic heterocycles. The number of anilines is 1. The van der Waals surface area contributed by atoms with Crippen LogP contribution in [0.1, 0.15) is 34.2 Å². The lowest BCUT2D eigenvalue weighted by atomic mass is 9.94. The summed E-state index contributed by atoms with van der Waals surface area (Å²) in [4.78, 5) is 0. The predicted molar refractivity (Wildman–Crippen MR) is 86.6 cm³/mol. The molecule has 0 amide bonds. The molecule has 0 saturated carbocycles. The molecule has 3 rings (SSSR count). The van der Waals surface area contributed by atoms with Crippen molar-refractivity contribution in [2.75, 3.05) is 11.9 Å². The first-order valence-electron chi connectivity index (χ1n) is 7.65. The second kappa shape index (κ2) is 5.70. The molecule has 1 aliphatic heterocycles. The second-order valence-corrected chi connectivity index (χ2v) is 5.89. The van der Waals surface area contributed by atoms with Gasteiger partial charge in [0.05, 0.1) is 0 Å². The normalized spacial score (nSPS) is 13.7. The van der Waals surface area contributed by atoms with Gasteiger partial charge in [0.25, 0.3) is 0 Å². The van der Waals surface area contributed by atoms with Crippen LogP contribution in [0.4, 0.5) is 5.69 Å². The topological polar surface area (TPSA) is 12.0 Å². The van der Waals surface area contributed by atoms with Gasteiger partial charge in [-0.05, 0) is 73.4 Å². The molecule has 2 aromatic carbocycles. The number of benzene rings is 2. The van der Waals surface area contributed by atoms with Crippen molar-refractivity contribution in [3.8, 4) is 0 Å². The van der Waals surface area contributed by atoms with Gasteiger partial charge in [-0.15, -0.1) is 0 Å². The Kier molecular flexibility index (Phi) is 3.77. The molecule has 0 atom stereocenters. The van der Waals surface area contributed by atoms with Crippen LogP contribution in [0.25, 0.3) is 0 Å². The molecule has 0 saturated heterocycles. The van der Waals surface area contributed by atoms with Crippen LogP contribution in [0.3, 0.4) is 0 Å². The summed E-state index contributed by atoms with van der Waals surface area (Å²) in [7, 11) is 0. The number of hydrogen-bond acceptors (Lipinski definition) is 1. The first kappa shape index (κ1) is 13.2. The highest BCUT2D eigenvalue weighted by Crippen LogP contribution is 2.24. The van der Waals surface area contributed by atoms with Gasteiger partial charge in [-0.25, -0.2) is 0 Å². The fourth-order valence-corrected chi connectivity index (χ4v) is 3.20. The number of aryl methyl sites for hydroxylation is 4. The average Bonchev–Trinajstić information content (AvgIpc) is 2.46. The lowest BCUT2D eigenvalue weighted by Crippen LogP contribution is -2.11. The monoisotopic (exact) mass is 265 g/mol. The van der Waals surface area contributed by atoms with Crippen LogP contribution >= 0.6 is 0 Å². The Morgan fingerprint density at radius 2 is 1.80 bits per heavy atom. The number of hydrogen-bond donors (Lipinski definition) is 1. The summed E-state index contributed by atoms with van der Waals surface area (Å²) in [6.45, 7) is 5.56. The Labute approximate surface area is 122 Å². The molecule has 0 radical (unpaired) electrons. The maximum Gasteiger partial charge on any atom is 0.0372 e. The summed E-state index contributed by atoms with van der Waals surface area (Å²) >= 11 is 0. The summed E-state index contributed by atoms with van der Waals surface area (Å²) in [5.41, 5.74) is 8.66. The van der Waals surface area contributed by atoms with Crippen molar-refractivity contribution >= 4 is 5.69 Å². The Morgan fingerprint density at radius 3 is 2.60 bits per heavy atom. The third-order valence-electron chi connectivity index (χ3n) is 4.42. The highest BCUT2D eigenvalue weighted by Gasteiger charge is 2.09. The van der Waals surface area contributed by atoms with Gasteiger partial charge in [-0.3, -0.25) is 0 Å². The highest BCUT2D eigenvalue weighted by atomic mass is 14.9. The van der Waals surface area contributed by atoms with E-state index in [0.29, 0.717) is 0 Å². The zero-order chi connectivity index (χ0) is 13.9. The van der Waals surface area contributed by atoms with E-state index >= 15 is 0 Å². The van der Waals surface area contributed by atoms with Crippen molar-refractivity contribution in [1.82, 2.24) is 0 Å². The molecular weight excluding hydrogens is 242 g/mol. The molecular formula is C19H23N. The smallest absolute Gasteiger partial charge is 0.0372 e. The van der Waals surface area contributed by atoms with Crippen molar-refractivity contribution in [2.24, 2.45) is 0 Å². The average molecular weight is 265 g/mol. The molecule has 1 aliphatic rings. The molecule has 1 heterocycles. The van der Waals surface area contributed by atoms with Crippen LogP contribution in [-0.2, 0) is 19.3 Å². The first-order valence-corrected chi connectivity index (χ1v) is 7.65. The summed E-state index contributed by atoms with van der Waals surface area (Å²) in [5.74, 6) is 0. The molecule has 2 aromatic rings. The number of fused-ring (bicyclic) bond motifs is 1. The van der Waals surface area contributed by atoms with E-state index in [1.807, 2.05) is 0 Å². The molecule has 1 nitrogen and oxygen atoms in total. The standard InChI is InChI=1S/C19H23N/c1-14-5-3-6-15(2)18(14)10-8-16-9-11-19-17(13-16)7-4-12-20-19/h3,5-6,9,11,13,20H,4,7-8,10,12H2,1-2H3. The third kappa shape index (κ3) is 2.72. The number of rotatable bonds is 3. The minimum atomic E-state index is 1.12. The number of nitrogens with one attached hydrogen (secondary N) is 1. The Bertz CT molecular complexity index is 593. The SMILES string of the molecule is Cc1cccc(C)c1CCc1ccc2c(c1)CCCN2. The molecule has 0 unspecified atom stereocenters. The quantitative estimate of drug-likeness (QED) is 0.864. The lowest BCUT2D eigenvalue weighted by molar-refractivity contribution is 0.825. The van der Waals surface area contributed by atoms with Crippen molar-refractivity contribution in [3.63, 3.8) is 0 Å². The summed E-state index contributed by atoms with van der Waals surface area (Å²) in [6, 6.07) is 13.5. The molecule has 20 heavy (non-hydrogen) atoms. The second-order valence-electron chi connectivity index (χ2n) is 5.89. The zero-order valence-corrected chi connectivity index (χ0v) is 12.5. The minimum Gasteiger partial charge on any atom is -0.385 e. The van der Waals surface area contributed by atoms with E-state index < -0.39 is 0 Å². The van der Waals surface area contributed by atoms with Gasteiger partial charge >= 0.3 is 0 Å². The molecule has 0 bridgehead atoms. The molecule has 104 valence electrons. The van der Waals surface area contributed by atoms with Gasteiger partial charge in [0.1, 0.15) is 0 Å². The van der Waals surface area contributed by atoms with Gasteiger partial charge in [0.15, 0.2) is 0 Å². The van der Waals surface area contributed by atoms with Gasteiger partial charge in [0.2, 0.25) is 0 Å². The zero-order valence-electron chi connectivity index (χ0n) is 12.5. The predicted octanol–water partition coefficient (Wildman–Crippen LogP) is 4.45. The van der Waals surface area contributed by atoms with Crippen molar-refractivity contribution < 1.29 is 0 Å². The maximum atomic E-state index is 3.48. The first-order chi connectivity index (χ1) is 9.74. The van der Waals surface area contributed by atoms with E-state index in [-0.39, 0.29) is 0 Å². The molecule has 0 fully saturated rings. The third-order valence-corrected chi connectivity index (χ3v) is 4.42. The van der Waals surface area contributed by atoms with E-state index in [1.54, 1.807) is 0 Å². The summed E-state index contributed by atoms with van der Waals surface area (Å²) in [6.07, 6.45) is 4.76. The van der Waals surface area contributed by atoms with E-state index in [0.717, 1.165) is 19.4 Å². The van der Waals surface area contributed by atoms with Crippen LogP contribution in [0.2, 0.25) is 0 Å². The maximum absolute atomic E-state index is 3.48.